The zero-order chi connectivity index (χ0) is 13.8. The number of fused-ring (bicyclic) bond motifs is 1. The van der Waals surface area contributed by atoms with Gasteiger partial charge in [-0.1, -0.05) is 20.8 Å². The highest BCUT2D eigenvalue weighted by molar-refractivity contribution is 7.16. The first kappa shape index (κ1) is 14.4. The van der Waals surface area contributed by atoms with E-state index in [1.807, 2.05) is 0 Å². The monoisotopic (exact) mass is 277 g/mol. The molecule has 2 aromatic rings. The molecular weight excluding hydrogens is 254 g/mol. The second kappa shape index (κ2) is 6.44. The summed E-state index contributed by atoms with van der Waals surface area (Å²) < 4.78 is 0. The molecule has 0 aliphatic heterocycles. The van der Waals surface area contributed by atoms with Crippen LogP contribution in [0.3, 0.4) is 0 Å². The molecule has 2 aromatic heterocycles. The maximum absolute atomic E-state index is 4.59. The van der Waals surface area contributed by atoms with Gasteiger partial charge < -0.3 is 5.32 Å². The SMILES string of the molecule is CCCNC(C)C(c1ncnc2sccc12)C(C)C. The summed E-state index contributed by atoms with van der Waals surface area (Å²) in [6.45, 7) is 10.1. The second-order valence-electron chi connectivity index (χ2n) is 5.41. The lowest BCUT2D eigenvalue weighted by molar-refractivity contribution is 0.373. The van der Waals surface area contributed by atoms with Gasteiger partial charge in [-0.3, -0.25) is 0 Å². The molecule has 2 heterocycles. The summed E-state index contributed by atoms with van der Waals surface area (Å²) >= 11 is 1.69. The Kier molecular flexibility index (Phi) is 4.88. The minimum absolute atomic E-state index is 0.423. The van der Waals surface area contributed by atoms with E-state index in [-0.39, 0.29) is 0 Å². The molecule has 0 saturated carbocycles. The molecule has 0 aliphatic rings. The van der Waals surface area contributed by atoms with Gasteiger partial charge >= 0.3 is 0 Å². The van der Waals surface area contributed by atoms with Gasteiger partial charge in [0.05, 0.1) is 5.69 Å². The molecule has 2 atom stereocenters. The molecule has 0 radical (unpaired) electrons. The van der Waals surface area contributed by atoms with Crippen molar-refractivity contribution in [3.8, 4) is 0 Å². The minimum Gasteiger partial charge on any atom is -0.314 e. The number of rotatable bonds is 6. The van der Waals surface area contributed by atoms with Crippen molar-refractivity contribution in [1.82, 2.24) is 15.3 Å². The van der Waals surface area contributed by atoms with E-state index in [0.717, 1.165) is 17.8 Å². The number of aromatic nitrogens is 2. The average Bonchev–Trinajstić information content (AvgIpc) is 2.85. The molecule has 104 valence electrons. The van der Waals surface area contributed by atoms with E-state index in [1.54, 1.807) is 17.7 Å². The zero-order valence-corrected chi connectivity index (χ0v) is 13.0. The Hall–Kier alpha value is -1.00. The molecule has 3 nitrogen and oxygen atoms in total. The topological polar surface area (TPSA) is 37.8 Å². The van der Waals surface area contributed by atoms with E-state index >= 15 is 0 Å². The molecule has 0 bridgehead atoms. The molecule has 0 aromatic carbocycles. The van der Waals surface area contributed by atoms with Crippen LogP contribution in [0, 0.1) is 5.92 Å². The molecule has 2 rings (SSSR count). The number of hydrogen-bond acceptors (Lipinski definition) is 4. The largest absolute Gasteiger partial charge is 0.314 e. The van der Waals surface area contributed by atoms with Crippen molar-refractivity contribution in [1.29, 1.82) is 0 Å². The fraction of sp³-hybridized carbons (Fsp3) is 0.600. The highest BCUT2D eigenvalue weighted by atomic mass is 32.1. The number of nitrogens with one attached hydrogen (secondary N) is 1. The fourth-order valence-corrected chi connectivity index (χ4v) is 3.44. The number of nitrogens with zero attached hydrogens (tertiary/aromatic N) is 2. The summed E-state index contributed by atoms with van der Waals surface area (Å²) in [7, 11) is 0. The Labute approximate surface area is 119 Å². The minimum atomic E-state index is 0.423. The summed E-state index contributed by atoms with van der Waals surface area (Å²) in [4.78, 5) is 10.0. The quantitative estimate of drug-likeness (QED) is 0.872. The van der Waals surface area contributed by atoms with Gasteiger partial charge in [0.15, 0.2) is 0 Å². The van der Waals surface area contributed by atoms with Gasteiger partial charge in [0.1, 0.15) is 11.2 Å². The van der Waals surface area contributed by atoms with Crippen molar-refractivity contribution in [2.75, 3.05) is 6.54 Å². The average molecular weight is 277 g/mol. The second-order valence-corrected chi connectivity index (χ2v) is 6.31. The first-order valence-electron chi connectivity index (χ1n) is 7.06. The van der Waals surface area contributed by atoms with Crippen LogP contribution in [-0.4, -0.2) is 22.6 Å². The van der Waals surface area contributed by atoms with Crippen LogP contribution in [-0.2, 0) is 0 Å². The molecule has 2 unspecified atom stereocenters. The third kappa shape index (κ3) is 3.12. The van der Waals surface area contributed by atoms with Gasteiger partial charge in [0.2, 0.25) is 0 Å². The van der Waals surface area contributed by atoms with Crippen LogP contribution in [0.4, 0.5) is 0 Å². The molecule has 4 heteroatoms. The standard InChI is InChI=1S/C15H23N3S/c1-5-7-16-11(4)13(10(2)3)14-12-6-8-19-15(12)18-9-17-14/h6,8-11,13,16H,5,7H2,1-4H3. The van der Waals surface area contributed by atoms with Crippen molar-refractivity contribution >= 4 is 21.6 Å². The van der Waals surface area contributed by atoms with E-state index in [2.05, 4.69) is 54.4 Å². The first-order chi connectivity index (χ1) is 9.15. The van der Waals surface area contributed by atoms with E-state index in [1.165, 1.54) is 11.1 Å². The molecule has 19 heavy (non-hydrogen) atoms. The van der Waals surface area contributed by atoms with Crippen molar-refractivity contribution < 1.29 is 0 Å². The Morgan fingerprint density at radius 1 is 1.26 bits per heavy atom. The van der Waals surface area contributed by atoms with Gasteiger partial charge in [-0.25, -0.2) is 9.97 Å². The van der Waals surface area contributed by atoms with Gasteiger partial charge in [0, 0.05) is 17.3 Å². The summed E-state index contributed by atoms with van der Waals surface area (Å²) in [6, 6.07) is 2.58. The van der Waals surface area contributed by atoms with Crippen LogP contribution in [0.2, 0.25) is 0 Å². The van der Waals surface area contributed by atoms with Crippen LogP contribution in [0.15, 0.2) is 17.8 Å². The Morgan fingerprint density at radius 3 is 2.74 bits per heavy atom. The Balaban J connectivity index is 2.35. The zero-order valence-electron chi connectivity index (χ0n) is 12.2. The smallest absolute Gasteiger partial charge is 0.126 e. The highest BCUT2D eigenvalue weighted by Crippen LogP contribution is 2.32. The van der Waals surface area contributed by atoms with E-state index in [0.29, 0.717) is 17.9 Å². The van der Waals surface area contributed by atoms with Crippen molar-refractivity contribution in [3.05, 3.63) is 23.5 Å². The van der Waals surface area contributed by atoms with Crippen molar-refractivity contribution in [2.45, 2.75) is 46.1 Å². The van der Waals surface area contributed by atoms with Crippen molar-refractivity contribution in [2.24, 2.45) is 5.92 Å². The Bertz CT molecular complexity index is 521. The van der Waals surface area contributed by atoms with Gasteiger partial charge in [-0.05, 0) is 37.3 Å². The fourth-order valence-electron chi connectivity index (χ4n) is 2.70. The predicted octanol–water partition coefficient (Wildman–Crippen LogP) is 3.82. The molecule has 0 saturated heterocycles. The molecule has 0 fully saturated rings. The molecular formula is C15H23N3S. The summed E-state index contributed by atoms with van der Waals surface area (Å²) in [5.74, 6) is 0.976. The van der Waals surface area contributed by atoms with Gasteiger partial charge in [-0.2, -0.15) is 0 Å². The van der Waals surface area contributed by atoms with E-state index < -0.39 is 0 Å². The predicted molar refractivity (Wildman–Crippen MR) is 82.7 cm³/mol. The Morgan fingerprint density at radius 2 is 2.05 bits per heavy atom. The molecule has 0 spiro atoms. The summed E-state index contributed by atoms with van der Waals surface area (Å²) in [6.07, 6.45) is 2.86. The van der Waals surface area contributed by atoms with Crippen molar-refractivity contribution in [3.63, 3.8) is 0 Å². The van der Waals surface area contributed by atoms with Gasteiger partial charge in [0.25, 0.3) is 0 Å². The maximum atomic E-state index is 4.59. The molecule has 0 aliphatic carbocycles. The molecule has 0 amide bonds. The van der Waals surface area contributed by atoms with Crippen LogP contribution in [0.5, 0.6) is 0 Å². The van der Waals surface area contributed by atoms with Crippen LogP contribution in [0.25, 0.3) is 10.2 Å². The lowest BCUT2D eigenvalue weighted by atomic mass is 9.85. The summed E-state index contributed by atoms with van der Waals surface area (Å²) in [5, 5.41) is 6.93. The highest BCUT2D eigenvalue weighted by Gasteiger charge is 2.25. The maximum Gasteiger partial charge on any atom is 0.126 e. The lowest BCUT2D eigenvalue weighted by Crippen LogP contribution is -2.35. The summed E-state index contributed by atoms with van der Waals surface area (Å²) in [5.41, 5.74) is 1.19. The third-order valence-corrected chi connectivity index (χ3v) is 4.40. The van der Waals surface area contributed by atoms with E-state index in [4.69, 9.17) is 0 Å². The number of hydrogen-bond donors (Lipinski definition) is 1. The normalized spacial score (nSPS) is 15.0. The van der Waals surface area contributed by atoms with Gasteiger partial charge in [-0.15, -0.1) is 11.3 Å². The molecule has 1 N–H and O–H groups in total. The van der Waals surface area contributed by atoms with Crippen LogP contribution >= 0.6 is 11.3 Å². The third-order valence-electron chi connectivity index (χ3n) is 3.58. The lowest BCUT2D eigenvalue weighted by Gasteiger charge is -2.28. The number of thiophene rings is 1. The van der Waals surface area contributed by atoms with Crippen LogP contribution in [0.1, 0.15) is 45.7 Å². The van der Waals surface area contributed by atoms with E-state index in [9.17, 15) is 0 Å². The first-order valence-corrected chi connectivity index (χ1v) is 7.94. The van der Waals surface area contributed by atoms with Crippen LogP contribution < -0.4 is 5.32 Å².